The van der Waals surface area contributed by atoms with Gasteiger partial charge in [0.2, 0.25) is 5.91 Å². The minimum atomic E-state index is 0.0189. The molecule has 0 atom stereocenters. The van der Waals surface area contributed by atoms with E-state index in [2.05, 4.69) is 5.16 Å². The molecule has 0 spiro atoms. The third kappa shape index (κ3) is 2.72. The van der Waals surface area contributed by atoms with Crippen LogP contribution in [0.5, 0.6) is 0 Å². The van der Waals surface area contributed by atoms with Crippen LogP contribution < -0.4 is 4.90 Å². The van der Waals surface area contributed by atoms with Crippen LogP contribution in [0.15, 0.2) is 53.1 Å². The third-order valence-corrected chi connectivity index (χ3v) is 3.70. The number of hydrogen-bond donors (Lipinski definition) is 0. The molecule has 1 heterocycles. The van der Waals surface area contributed by atoms with E-state index in [4.69, 9.17) is 4.52 Å². The largest absolute Gasteiger partial charge is 0.356 e. The summed E-state index contributed by atoms with van der Waals surface area (Å²) in [7, 11) is 0. The van der Waals surface area contributed by atoms with E-state index >= 15 is 0 Å². The van der Waals surface area contributed by atoms with Crippen LogP contribution >= 0.6 is 0 Å². The summed E-state index contributed by atoms with van der Waals surface area (Å²) in [6, 6.07) is 15.5. The van der Waals surface area contributed by atoms with Crippen molar-refractivity contribution in [2.75, 3.05) is 11.4 Å². The molecule has 0 saturated carbocycles. The number of anilines is 1. The molecule has 0 radical (unpaired) electrons. The van der Waals surface area contributed by atoms with Gasteiger partial charge < -0.3 is 9.42 Å². The lowest BCUT2D eigenvalue weighted by atomic mass is 10.1. The summed E-state index contributed by atoms with van der Waals surface area (Å²) in [4.78, 5) is 14.4. The first-order chi connectivity index (χ1) is 10.7. The molecule has 0 aliphatic rings. The summed E-state index contributed by atoms with van der Waals surface area (Å²) in [6.07, 6.45) is 0.235. The monoisotopic (exact) mass is 294 g/mol. The molecule has 0 fully saturated rings. The van der Waals surface area contributed by atoms with E-state index in [1.54, 1.807) is 4.90 Å². The van der Waals surface area contributed by atoms with Crippen LogP contribution in [0.4, 0.5) is 5.69 Å². The molecule has 0 saturated heterocycles. The average Bonchev–Trinajstić information content (AvgIpc) is 2.91. The fourth-order valence-corrected chi connectivity index (χ4v) is 2.58. The van der Waals surface area contributed by atoms with E-state index in [-0.39, 0.29) is 12.3 Å². The second-order valence-electron chi connectivity index (χ2n) is 5.28. The molecule has 1 aromatic heterocycles. The number of likely N-dealkylation sites (N-methyl/N-ethyl adjacent to an activating group) is 1. The molecule has 0 bridgehead atoms. The molecular weight excluding hydrogens is 276 g/mol. The number of aromatic nitrogens is 1. The van der Waals surface area contributed by atoms with Crippen molar-refractivity contribution in [3.05, 3.63) is 59.8 Å². The zero-order chi connectivity index (χ0) is 15.5. The maximum absolute atomic E-state index is 12.6. The summed E-state index contributed by atoms with van der Waals surface area (Å²) in [6.45, 7) is 4.61. The number of amides is 1. The van der Waals surface area contributed by atoms with Gasteiger partial charge in [0.05, 0.1) is 6.42 Å². The lowest BCUT2D eigenvalue weighted by Gasteiger charge is -2.20. The Balaban J connectivity index is 1.87. The molecule has 4 heteroatoms. The first-order valence-corrected chi connectivity index (χ1v) is 7.39. The van der Waals surface area contributed by atoms with Gasteiger partial charge in [0.1, 0.15) is 5.69 Å². The molecule has 0 unspecified atom stereocenters. The molecule has 2 aromatic carbocycles. The molecule has 0 aliphatic carbocycles. The minimum absolute atomic E-state index is 0.0189. The van der Waals surface area contributed by atoms with Crippen molar-refractivity contribution in [2.45, 2.75) is 20.3 Å². The molecular formula is C18H18N2O2. The van der Waals surface area contributed by atoms with E-state index in [1.165, 1.54) is 0 Å². The SMILES string of the molecule is CCN(C(=O)Cc1noc2ccc(C)cc12)c1ccccc1. The molecule has 22 heavy (non-hydrogen) atoms. The van der Waals surface area contributed by atoms with Gasteiger partial charge in [-0.15, -0.1) is 0 Å². The van der Waals surface area contributed by atoms with Gasteiger partial charge in [0, 0.05) is 17.6 Å². The highest BCUT2D eigenvalue weighted by Crippen LogP contribution is 2.22. The van der Waals surface area contributed by atoms with Crippen molar-refractivity contribution >= 4 is 22.6 Å². The molecule has 3 rings (SSSR count). The number of aryl methyl sites for hydroxylation is 1. The normalized spacial score (nSPS) is 10.8. The average molecular weight is 294 g/mol. The van der Waals surface area contributed by atoms with Gasteiger partial charge in [-0.1, -0.05) is 35.0 Å². The standard InChI is InChI=1S/C18H18N2O2/c1-3-20(14-7-5-4-6-8-14)18(21)12-16-15-11-13(2)9-10-17(15)22-19-16/h4-11H,3,12H2,1-2H3. The second kappa shape index (κ2) is 6.02. The van der Waals surface area contributed by atoms with Crippen molar-refractivity contribution in [2.24, 2.45) is 0 Å². The topological polar surface area (TPSA) is 46.3 Å². The summed E-state index contributed by atoms with van der Waals surface area (Å²) in [5.41, 5.74) is 3.44. The maximum Gasteiger partial charge on any atom is 0.233 e. The molecule has 1 amide bonds. The fraction of sp³-hybridized carbons (Fsp3) is 0.222. The predicted octanol–water partition coefficient (Wildman–Crippen LogP) is 3.73. The zero-order valence-corrected chi connectivity index (χ0v) is 12.7. The smallest absolute Gasteiger partial charge is 0.233 e. The lowest BCUT2D eigenvalue weighted by molar-refractivity contribution is -0.118. The fourth-order valence-electron chi connectivity index (χ4n) is 2.58. The van der Waals surface area contributed by atoms with Gasteiger partial charge >= 0.3 is 0 Å². The van der Waals surface area contributed by atoms with Crippen LogP contribution in [0, 0.1) is 6.92 Å². The van der Waals surface area contributed by atoms with E-state index in [1.807, 2.05) is 62.4 Å². The summed E-state index contributed by atoms with van der Waals surface area (Å²) in [5.74, 6) is 0.0189. The quantitative estimate of drug-likeness (QED) is 0.736. The Morgan fingerprint density at radius 2 is 1.95 bits per heavy atom. The number of rotatable bonds is 4. The Labute approximate surface area is 129 Å². The molecule has 112 valence electrons. The highest BCUT2D eigenvalue weighted by molar-refractivity contribution is 5.96. The number of para-hydroxylation sites is 1. The Hall–Kier alpha value is -2.62. The van der Waals surface area contributed by atoms with Crippen molar-refractivity contribution in [1.29, 1.82) is 0 Å². The van der Waals surface area contributed by atoms with Crippen LogP contribution in [0.3, 0.4) is 0 Å². The lowest BCUT2D eigenvalue weighted by Crippen LogP contribution is -2.32. The van der Waals surface area contributed by atoms with E-state index in [9.17, 15) is 4.79 Å². The van der Waals surface area contributed by atoms with Crippen LogP contribution in [0.25, 0.3) is 11.0 Å². The van der Waals surface area contributed by atoms with Gasteiger partial charge in [-0.25, -0.2) is 0 Å². The van der Waals surface area contributed by atoms with Gasteiger partial charge in [0.15, 0.2) is 5.58 Å². The van der Waals surface area contributed by atoms with Gasteiger partial charge in [0.25, 0.3) is 0 Å². The van der Waals surface area contributed by atoms with E-state index in [0.717, 1.165) is 22.2 Å². The summed E-state index contributed by atoms with van der Waals surface area (Å²) < 4.78 is 5.30. The van der Waals surface area contributed by atoms with Crippen molar-refractivity contribution < 1.29 is 9.32 Å². The minimum Gasteiger partial charge on any atom is -0.356 e. The van der Waals surface area contributed by atoms with E-state index < -0.39 is 0 Å². The van der Waals surface area contributed by atoms with Crippen molar-refractivity contribution in [3.63, 3.8) is 0 Å². The number of hydrogen-bond acceptors (Lipinski definition) is 3. The Bertz CT molecular complexity index is 793. The number of benzene rings is 2. The first kappa shape index (κ1) is 14.3. The van der Waals surface area contributed by atoms with Crippen LogP contribution in [0.2, 0.25) is 0 Å². The zero-order valence-electron chi connectivity index (χ0n) is 12.7. The molecule has 0 N–H and O–H groups in total. The van der Waals surface area contributed by atoms with E-state index in [0.29, 0.717) is 12.2 Å². The Morgan fingerprint density at radius 3 is 2.68 bits per heavy atom. The van der Waals surface area contributed by atoms with Gasteiger partial charge in [-0.2, -0.15) is 0 Å². The molecule has 0 aliphatic heterocycles. The van der Waals surface area contributed by atoms with Crippen molar-refractivity contribution in [1.82, 2.24) is 5.16 Å². The second-order valence-corrected chi connectivity index (χ2v) is 5.28. The Kier molecular flexibility index (Phi) is 3.92. The highest BCUT2D eigenvalue weighted by atomic mass is 16.5. The van der Waals surface area contributed by atoms with Crippen LogP contribution in [-0.2, 0) is 11.2 Å². The van der Waals surface area contributed by atoms with Crippen LogP contribution in [-0.4, -0.2) is 17.6 Å². The summed E-state index contributed by atoms with van der Waals surface area (Å²) in [5, 5.41) is 4.98. The number of carbonyl (C=O) groups excluding carboxylic acids is 1. The third-order valence-electron chi connectivity index (χ3n) is 3.70. The van der Waals surface area contributed by atoms with Gasteiger partial charge in [-0.3, -0.25) is 4.79 Å². The highest BCUT2D eigenvalue weighted by Gasteiger charge is 2.18. The maximum atomic E-state index is 12.6. The number of fused-ring (bicyclic) bond motifs is 1. The Morgan fingerprint density at radius 1 is 1.18 bits per heavy atom. The summed E-state index contributed by atoms with van der Waals surface area (Å²) >= 11 is 0. The van der Waals surface area contributed by atoms with Crippen molar-refractivity contribution in [3.8, 4) is 0 Å². The predicted molar refractivity (Wildman–Crippen MR) is 86.9 cm³/mol. The molecule has 3 aromatic rings. The molecule has 4 nitrogen and oxygen atoms in total. The van der Waals surface area contributed by atoms with Gasteiger partial charge in [-0.05, 0) is 38.1 Å². The number of carbonyl (C=O) groups is 1. The number of nitrogens with zero attached hydrogens (tertiary/aromatic N) is 2. The van der Waals surface area contributed by atoms with Crippen LogP contribution in [0.1, 0.15) is 18.2 Å². The first-order valence-electron chi connectivity index (χ1n) is 7.39.